The molecule has 3 nitrogen and oxygen atoms in total. The molecule has 0 saturated carbocycles. The molecule has 17 heavy (non-hydrogen) atoms. The predicted octanol–water partition coefficient (Wildman–Crippen LogP) is 2.31. The van der Waals surface area contributed by atoms with Crippen molar-refractivity contribution in [1.29, 1.82) is 0 Å². The summed E-state index contributed by atoms with van der Waals surface area (Å²) < 4.78 is 13.7. The molecule has 0 bridgehead atoms. The highest BCUT2D eigenvalue weighted by Gasteiger charge is 2.17. The van der Waals surface area contributed by atoms with E-state index in [1.54, 1.807) is 18.5 Å². The maximum absolute atomic E-state index is 13.7. The molecular weight excluding hydrogens is 217 g/mol. The topological polar surface area (TPSA) is 37.8 Å². The second kappa shape index (κ2) is 5.50. The third kappa shape index (κ3) is 2.65. The van der Waals surface area contributed by atoms with Gasteiger partial charge >= 0.3 is 0 Å². The van der Waals surface area contributed by atoms with Gasteiger partial charge in [-0.05, 0) is 24.7 Å². The lowest BCUT2D eigenvalue weighted by atomic mass is 10.0. The molecule has 0 radical (unpaired) electrons. The second-order valence-corrected chi connectivity index (χ2v) is 3.64. The summed E-state index contributed by atoms with van der Waals surface area (Å²) >= 11 is 0. The third-order valence-electron chi connectivity index (χ3n) is 2.51. The molecule has 2 rings (SSSR count). The first-order chi connectivity index (χ1) is 8.33. The highest BCUT2D eigenvalue weighted by molar-refractivity contribution is 5.26. The van der Waals surface area contributed by atoms with Gasteiger partial charge in [0.2, 0.25) is 0 Å². The van der Waals surface area contributed by atoms with Crippen LogP contribution in [0.1, 0.15) is 24.2 Å². The molecule has 0 aliphatic carbocycles. The molecule has 1 atom stereocenters. The number of hydrogen-bond donors (Lipinski definition) is 1. The van der Waals surface area contributed by atoms with Gasteiger partial charge in [-0.25, -0.2) is 4.39 Å². The van der Waals surface area contributed by atoms with Crippen LogP contribution in [0.4, 0.5) is 4.39 Å². The molecule has 0 amide bonds. The average molecular weight is 231 g/mol. The summed E-state index contributed by atoms with van der Waals surface area (Å²) in [4.78, 5) is 8.02. The Balaban J connectivity index is 2.39. The normalized spacial score (nSPS) is 12.4. The summed E-state index contributed by atoms with van der Waals surface area (Å²) in [5, 5.41) is 3.23. The van der Waals surface area contributed by atoms with E-state index in [1.807, 2.05) is 25.1 Å². The van der Waals surface area contributed by atoms with Crippen LogP contribution in [0, 0.1) is 5.82 Å². The largest absolute Gasteiger partial charge is 0.305 e. The lowest BCUT2D eigenvalue weighted by Crippen LogP contribution is -2.23. The van der Waals surface area contributed by atoms with Gasteiger partial charge in [-0.2, -0.15) is 0 Å². The van der Waals surface area contributed by atoms with Crippen LogP contribution in [0.15, 0.2) is 42.9 Å². The Morgan fingerprint density at radius 1 is 1.29 bits per heavy atom. The molecule has 4 heteroatoms. The zero-order valence-electron chi connectivity index (χ0n) is 9.60. The molecule has 0 aliphatic rings. The third-order valence-corrected chi connectivity index (χ3v) is 2.51. The average Bonchev–Trinajstić information content (AvgIpc) is 2.38. The number of pyridine rings is 2. The minimum Gasteiger partial charge on any atom is -0.305 e. The Morgan fingerprint density at radius 3 is 2.82 bits per heavy atom. The molecule has 2 heterocycles. The van der Waals surface area contributed by atoms with E-state index in [0.29, 0.717) is 5.56 Å². The summed E-state index contributed by atoms with van der Waals surface area (Å²) in [7, 11) is 0. The van der Waals surface area contributed by atoms with Crippen molar-refractivity contribution >= 4 is 0 Å². The highest BCUT2D eigenvalue weighted by atomic mass is 19.1. The number of nitrogens with one attached hydrogen (secondary N) is 1. The van der Waals surface area contributed by atoms with Crippen LogP contribution in [0.2, 0.25) is 0 Å². The molecular formula is C13H14FN3. The van der Waals surface area contributed by atoms with Gasteiger partial charge in [-0.15, -0.1) is 0 Å². The molecule has 0 aromatic carbocycles. The van der Waals surface area contributed by atoms with Gasteiger partial charge in [0.15, 0.2) is 0 Å². The van der Waals surface area contributed by atoms with E-state index in [1.165, 1.54) is 6.20 Å². The van der Waals surface area contributed by atoms with Crippen molar-refractivity contribution < 1.29 is 4.39 Å². The van der Waals surface area contributed by atoms with Crippen LogP contribution in [0.25, 0.3) is 0 Å². The van der Waals surface area contributed by atoms with Crippen LogP contribution in [-0.2, 0) is 0 Å². The number of rotatable bonds is 4. The molecule has 0 saturated heterocycles. The second-order valence-electron chi connectivity index (χ2n) is 3.64. The van der Waals surface area contributed by atoms with E-state index in [2.05, 4.69) is 15.3 Å². The Bertz CT molecular complexity index is 473. The van der Waals surface area contributed by atoms with Gasteiger partial charge in [0.1, 0.15) is 5.82 Å². The van der Waals surface area contributed by atoms with Crippen molar-refractivity contribution in [3.8, 4) is 0 Å². The van der Waals surface area contributed by atoms with Crippen LogP contribution in [0.5, 0.6) is 0 Å². The number of nitrogens with zero attached hydrogens (tertiary/aromatic N) is 2. The fraction of sp³-hybridized carbons (Fsp3) is 0.231. The van der Waals surface area contributed by atoms with E-state index in [-0.39, 0.29) is 11.9 Å². The Labute approximate surface area is 99.7 Å². The van der Waals surface area contributed by atoms with Gasteiger partial charge in [0, 0.05) is 18.0 Å². The van der Waals surface area contributed by atoms with E-state index in [0.717, 1.165) is 12.2 Å². The standard InChI is InChI=1S/C13H14FN3/c1-2-16-13(12-5-3-4-7-17-12)10-6-8-15-9-11(10)14/h3-9,13,16H,2H2,1H3. The van der Waals surface area contributed by atoms with Crippen molar-refractivity contribution in [2.75, 3.05) is 6.54 Å². The maximum Gasteiger partial charge on any atom is 0.146 e. The van der Waals surface area contributed by atoms with E-state index < -0.39 is 0 Å². The summed E-state index contributed by atoms with van der Waals surface area (Å²) in [6.07, 6.45) is 4.52. The molecule has 0 fully saturated rings. The van der Waals surface area contributed by atoms with Crippen molar-refractivity contribution in [1.82, 2.24) is 15.3 Å². The number of hydrogen-bond acceptors (Lipinski definition) is 3. The van der Waals surface area contributed by atoms with Crippen molar-refractivity contribution in [3.63, 3.8) is 0 Å². The SMILES string of the molecule is CCNC(c1ccccn1)c1ccncc1F. The van der Waals surface area contributed by atoms with Gasteiger partial charge in [-0.3, -0.25) is 9.97 Å². The molecule has 0 spiro atoms. The zero-order chi connectivity index (χ0) is 12.1. The monoisotopic (exact) mass is 231 g/mol. The fourth-order valence-electron chi connectivity index (χ4n) is 1.74. The summed E-state index contributed by atoms with van der Waals surface area (Å²) in [6, 6.07) is 7.07. The van der Waals surface area contributed by atoms with Crippen LogP contribution >= 0.6 is 0 Å². The molecule has 1 N–H and O–H groups in total. The molecule has 88 valence electrons. The van der Waals surface area contributed by atoms with E-state index in [4.69, 9.17) is 0 Å². The summed E-state index contributed by atoms with van der Waals surface area (Å²) in [5.74, 6) is -0.316. The maximum atomic E-state index is 13.7. The Morgan fingerprint density at radius 2 is 2.18 bits per heavy atom. The Hall–Kier alpha value is -1.81. The first-order valence-electron chi connectivity index (χ1n) is 5.56. The minimum absolute atomic E-state index is 0.232. The van der Waals surface area contributed by atoms with E-state index >= 15 is 0 Å². The smallest absolute Gasteiger partial charge is 0.146 e. The van der Waals surface area contributed by atoms with Gasteiger partial charge in [0.05, 0.1) is 17.9 Å². The predicted molar refractivity (Wildman–Crippen MR) is 64.0 cm³/mol. The van der Waals surface area contributed by atoms with Crippen molar-refractivity contribution in [2.24, 2.45) is 0 Å². The zero-order valence-corrected chi connectivity index (χ0v) is 9.60. The summed E-state index contributed by atoms with van der Waals surface area (Å²) in [5.41, 5.74) is 1.38. The molecule has 1 unspecified atom stereocenters. The lowest BCUT2D eigenvalue weighted by Gasteiger charge is -2.18. The Kier molecular flexibility index (Phi) is 3.77. The van der Waals surface area contributed by atoms with Gasteiger partial charge in [-0.1, -0.05) is 13.0 Å². The fourth-order valence-corrected chi connectivity index (χ4v) is 1.74. The molecule has 2 aromatic rings. The van der Waals surface area contributed by atoms with Crippen molar-refractivity contribution in [2.45, 2.75) is 13.0 Å². The number of halogens is 1. The quantitative estimate of drug-likeness (QED) is 0.877. The first-order valence-corrected chi connectivity index (χ1v) is 5.56. The van der Waals surface area contributed by atoms with Gasteiger partial charge < -0.3 is 5.32 Å². The first kappa shape index (κ1) is 11.7. The van der Waals surface area contributed by atoms with Crippen LogP contribution < -0.4 is 5.32 Å². The van der Waals surface area contributed by atoms with Gasteiger partial charge in [0.25, 0.3) is 0 Å². The summed E-state index contributed by atoms with van der Waals surface area (Å²) in [6.45, 7) is 2.72. The van der Waals surface area contributed by atoms with Crippen LogP contribution in [-0.4, -0.2) is 16.5 Å². The van der Waals surface area contributed by atoms with Crippen molar-refractivity contribution in [3.05, 3.63) is 59.9 Å². The molecule has 0 aliphatic heterocycles. The van der Waals surface area contributed by atoms with Crippen LogP contribution in [0.3, 0.4) is 0 Å². The molecule has 2 aromatic heterocycles. The highest BCUT2D eigenvalue weighted by Crippen LogP contribution is 2.21. The van der Waals surface area contributed by atoms with E-state index in [9.17, 15) is 4.39 Å². The number of aromatic nitrogens is 2. The lowest BCUT2D eigenvalue weighted by molar-refractivity contribution is 0.548. The minimum atomic E-state index is -0.316.